The van der Waals surface area contributed by atoms with E-state index < -0.39 is 0 Å². The van der Waals surface area contributed by atoms with Crippen molar-refractivity contribution in [2.75, 3.05) is 18.2 Å². The first-order valence-corrected chi connectivity index (χ1v) is 7.69. The molecule has 0 radical (unpaired) electrons. The number of amidine groups is 1. The van der Waals surface area contributed by atoms with Gasteiger partial charge in [-0.3, -0.25) is 4.99 Å². The Bertz CT molecular complexity index is 502. The smallest absolute Gasteiger partial charge is 0.161 e. The Labute approximate surface area is 123 Å². The van der Waals surface area contributed by atoms with Gasteiger partial charge in [-0.1, -0.05) is 37.2 Å². The molecule has 1 heterocycles. The van der Waals surface area contributed by atoms with Crippen LogP contribution in [-0.4, -0.2) is 24.1 Å². The second-order valence-corrected chi connectivity index (χ2v) is 6.40. The molecule has 0 spiro atoms. The lowest BCUT2D eigenvalue weighted by Crippen LogP contribution is -2.12. The van der Waals surface area contributed by atoms with Crippen LogP contribution in [-0.2, 0) is 0 Å². The number of thioether (sulfide) groups is 1. The van der Waals surface area contributed by atoms with Crippen molar-refractivity contribution in [3.8, 4) is 5.75 Å². The highest BCUT2D eigenvalue weighted by Crippen LogP contribution is 2.33. The third-order valence-corrected chi connectivity index (χ3v) is 4.56. The van der Waals surface area contributed by atoms with Crippen LogP contribution in [0.1, 0.15) is 19.4 Å². The van der Waals surface area contributed by atoms with Gasteiger partial charge in [0.2, 0.25) is 0 Å². The minimum atomic E-state index is 0.395. The standard InChI is InChI=1S/C14H19ClN2OS/c1-8(2)12-7-19-14(17-12)16-11-5-9(3)10(15)6-13(11)18-4/h5-6,8,12H,7H2,1-4H3,(H,16,17)/t12-/m1/s1. The van der Waals surface area contributed by atoms with E-state index in [1.165, 1.54) is 0 Å². The predicted molar refractivity (Wildman–Crippen MR) is 84.9 cm³/mol. The third-order valence-electron chi connectivity index (χ3n) is 3.17. The summed E-state index contributed by atoms with van der Waals surface area (Å²) < 4.78 is 5.35. The lowest BCUT2D eigenvalue weighted by Gasteiger charge is -2.12. The van der Waals surface area contributed by atoms with Crippen molar-refractivity contribution in [3.63, 3.8) is 0 Å². The first-order valence-electron chi connectivity index (χ1n) is 6.33. The van der Waals surface area contributed by atoms with Crippen LogP contribution in [0.2, 0.25) is 5.02 Å². The molecule has 1 aliphatic rings. The zero-order valence-electron chi connectivity index (χ0n) is 11.7. The average Bonchev–Trinajstić information content (AvgIpc) is 2.82. The van der Waals surface area contributed by atoms with E-state index in [0.717, 1.165) is 27.9 Å². The quantitative estimate of drug-likeness (QED) is 0.908. The highest BCUT2D eigenvalue weighted by Gasteiger charge is 2.22. The molecule has 3 nitrogen and oxygen atoms in total. The molecule has 2 rings (SSSR count). The monoisotopic (exact) mass is 298 g/mol. The number of nitrogens with zero attached hydrogens (tertiary/aromatic N) is 1. The van der Waals surface area contributed by atoms with Crippen molar-refractivity contribution < 1.29 is 4.74 Å². The Hall–Kier alpha value is -0.870. The van der Waals surface area contributed by atoms with Crippen molar-refractivity contribution in [2.24, 2.45) is 10.9 Å². The Balaban J connectivity index is 2.20. The summed E-state index contributed by atoms with van der Waals surface area (Å²) in [5, 5.41) is 5.01. The number of aryl methyl sites for hydroxylation is 1. The number of anilines is 1. The summed E-state index contributed by atoms with van der Waals surface area (Å²) in [6.07, 6.45) is 0. The van der Waals surface area contributed by atoms with E-state index in [2.05, 4.69) is 19.2 Å². The molecule has 0 aromatic heterocycles. The number of methoxy groups -OCH3 is 1. The molecule has 0 amide bonds. The lowest BCUT2D eigenvalue weighted by atomic mass is 10.1. The first kappa shape index (κ1) is 14.5. The van der Waals surface area contributed by atoms with E-state index in [1.54, 1.807) is 18.9 Å². The van der Waals surface area contributed by atoms with Gasteiger partial charge in [-0.15, -0.1) is 0 Å². The van der Waals surface area contributed by atoms with E-state index in [-0.39, 0.29) is 0 Å². The number of rotatable bonds is 3. The minimum Gasteiger partial charge on any atom is -0.495 e. The summed E-state index contributed by atoms with van der Waals surface area (Å²) in [6, 6.07) is 4.22. The molecule has 1 aliphatic heterocycles. The van der Waals surface area contributed by atoms with Gasteiger partial charge in [0.25, 0.3) is 0 Å². The van der Waals surface area contributed by atoms with Gasteiger partial charge in [-0.25, -0.2) is 0 Å². The van der Waals surface area contributed by atoms with Crippen molar-refractivity contribution in [3.05, 3.63) is 22.7 Å². The first-order chi connectivity index (χ1) is 9.01. The number of hydrogen-bond donors (Lipinski definition) is 1. The molecule has 0 saturated heterocycles. The van der Waals surface area contributed by atoms with Gasteiger partial charge >= 0.3 is 0 Å². The van der Waals surface area contributed by atoms with E-state index >= 15 is 0 Å². The zero-order chi connectivity index (χ0) is 14.0. The van der Waals surface area contributed by atoms with Crippen LogP contribution in [0.5, 0.6) is 5.75 Å². The highest BCUT2D eigenvalue weighted by molar-refractivity contribution is 8.14. The number of halogens is 1. The van der Waals surface area contributed by atoms with E-state index in [9.17, 15) is 0 Å². The normalized spacial score (nSPS) is 18.6. The molecule has 19 heavy (non-hydrogen) atoms. The molecule has 1 aromatic carbocycles. The summed E-state index contributed by atoms with van der Waals surface area (Å²) in [5.74, 6) is 2.35. The summed E-state index contributed by atoms with van der Waals surface area (Å²) in [4.78, 5) is 4.69. The van der Waals surface area contributed by atoms with Gasteiger partial charge in [0.1, 0.15) is 5.75 Å². The fourth-order valence-corrected chi connectivity index (χ4v) is 3.18. The molecule has 1 aromatic rings. The number of ether oxygens (including phenoxy) is 1. The van der Waals surface area contributed by atoms with Crippen LogP contribution < -0.4 is 10.1 Å². The second-order valence-electron chi connectivity index (χ2n) is 4.98. The van der Waals surface area contributed by atoms with Gasteiger partial charge in [0.15, 0.2) is 5.17 Å². The Morgan fingerprint density at radius 2 is 2.21 bits per heavy atom. The number of nitrogens with one attached hydrogen (secondary N) is 1. The Kier molecular flexibility index (Phi) is 4.63. The molecule has 1 atom stereocenters. The molecule has 104 valence electrons. The molecular formula is C14H19ClN2OS. The average molecular weight is 299 g/mol. The maximum Gasteiger partial charge on any atom is 0.161 e. The molecule has 0 unspecified atom stereocenters. The summed E-state index contributed by atoms with van der Waals surface area (Å²) in [5.41, 5.74) is 1.94. The molecule has 0 saturated carbocycles. The fraction of sp³-hybridized carbons (Fsp3) is 0.500. The molecule has 0 fully saturated rings. The van der Waals surface area contributed by atoms with Gasteiger partial charge in [0.05, 0.1) is 18.8 Å². The van der Waals surface area contributed by atoms with Crippen LogP contribution in [0.15, 0.2) is 17.1 Å². The summed E-state index contributed by atoms with van der Waals surface area (Å²) in [7, 11) is 1.65. The molecular weight excluding hydrogens is 280 g/mol. The van der Waals surface area contributed by atoms with Crippen molar-refractivity contribution in [1.29, 1.82) is 0 Å². The van der Waals surface area contributed by atoms with Crippen molar-refractivity contribution in [1.82, 2.24) is 0 Å². The third kappa shape index (κ3) is 3.37. The number of aliphatic imine (C=N–C) groups is 1. The van der Waals surface area contributed by atoms with Crippen LogP contribution in [0, 0.1) is 12.8 Å². The van der Waals surface area contributed by atoms with E-state index in [4.69, 9.17) is 21.3 Å². The summed E-state index contributed by atoms with van der Waals surface area (Å²) in [6.45, 7) is 6.38. The lowest BCUT2D eigenvalue weighted by molar-refractivity contribution is 0.417. The topological polar surface area (TPSA) is 33.6 Å². The number of hydrogen-bond acceptors (Lipinski definition) is 4. The Morgan fingerprint density at radius 3 is 2.79 bits per heavy atom. The predicted octanol–water partition coefficient (Wildman–Crippen LogP) is 4.20. The molecule has 1 N–H and O–H groups in total. The molecule has 0 bridgehead atoms. The van der Waals surface area contributed by atoms with Crippen molar-refractivity contribution in [2.45, 2.75) is 26.8 Å². The van der Waals surface area contributed by atoms with E-state index in [0.29, 0.717) is 17.0 Å². The molecule has 0 aliphatic carbocycles. The van der Waals surface area contributed by atoms with Crippen LogP contribution in [0.4, 0.5) is 5.69 Å². The summed E-state index contributed by atoms with van der Waals surface area (Å²) >= 11 is 7.86. The van der Waals surface area contributed by atoms with Crippen LogP contribution in [0.3, 0.4) is 0 Å². The maximum absolute atomic E-state index is 6.10. The second kappa shape index (κ2) is 6.06. The van der Waals surface area contributed by atoms with E-state index in [1.807, 2.05) is 19.1 Å². The molecule has 5 heteroatoms. The highest BCUT2D eigenvalue weighted by atomic mass is 35.5. The number of benzene rings is 1. The van der Waals surface area contributed by atoms with Crippen LogP contribution in [0.25, 0.3) is 0 Å². The van der Waals surface area contributed by atoms with Crippen molar-refractivity contribution >= 4 is 34.2 Å². The van der Waals surface area contributed by atoms with Gasteiger partial charge < -0.3 is 10.1 Å². The van der Waals surface area contributed by atoms with Gasteiger partial charge in [0, 0.05) is 16.8 Å². The van der Waals surface area contributed by atoms with Gasteiger partial charge in [-0.2, -0.15) is 0 Å². The largest absolute Gasteiger partial charge is 0.495 e. The fourth-order valence-electron chi connectivity index (χ4n) is 1.84. The Morgan fingerprint density at radius 1 is 1.47 bits per heavy atom. The SMILES string of the molecule is COc1cc(Cl)c(C)cc1NC1=N[C@@H](C(C)C)CS1. The minimum absolute atomic E-state index is 0.395. The van der Waals surface area contributed by atoms with Crippen LogP contribution >= 0.6 is 23.4 Å². The maximum atomic E-state index is 6.10. The zero-order valence-corrected chi connectivity index (χ0v) is 13.2. The van der Waals surface area contributed by atoms with Gasteiger partial charge in [-0.05, 0) is 24.5 Å².